The maximum absolute atomic E-state index is 13.3. The second-order valence-electron chi connectivity index (χ2n) is 11.4. The molecule has 1 aromatic carbocycles. The lowest BCUT2D eigenvalue weighted by Crippen LogP contribution is -2.43. The number of hydrogen-bond acceptors (Lipinski definition) is 6. The first-order chi connectivity index (χ1) is 18.6. The van der Waals surface area contributed by atoms with Crippen molar-refractivity contribution in [2.75, 3.05) is 24.2 Å². The van der Waals surface area contributed by atoms with E-state index in [9.17, 15) is 14.4 Å². The zero-order valence-corrected chi connectivity index (χ0v) is 22.8. The predicted octanol–water partition coefficient (Wildman–Crippen LogP) is 3.20. The van der Waals surface area contributed by atoms with Crippen LogP contribution in [0.2, 0.25) is 0 Å². The summed E-state index contributed by atoms with van der Waals surface area (Å²) in [5, 5.41) is 8.93. The average molecular weight is 527 g/mol. The Labute approximate surface area is 228 Å². The van der Waals surface area contributed by atoms with Crippen molar-refractivity contribution in [3.8, 4) is 0 Å². The van der Waals surface area contributed by atoms with Crippen molar-refractivity contribution in [2.45, 2.75) is 52.1 Å². The van der Waals surface area contributed by atoms with Gasteiger partial charge in [0, 0.05) is 42.4 Å². The molecule has 2 aliphatic rings. The number of fused-ring (bicyclic) bond motifs is 3. The maximum atomic E-state index is 13.3. The van der Waals surface area contributed by atoms with Crippen molar-refractivity contribution in [2.24, 2.45) is 5.41 Å². The van der Waals surface area contributed by atoms with E-state index in [1.807, 2.05) is 70.3 Å². The summed E-state index contributed by atoms with van der Waals surface area (Å²) in [7, 11) is 1.88. The lowest BCUT2D eigenvalue weighted by atomic mass is 9.80. The molecule has 9 nitrogen and oxygen atoms in total. The number of pyridine rings is 2. The first-order valence-corrected chi connectivity index (χ1v) is 13.2. The van der Waals surface area contributed by atoms with Crippen molar-refractivity contribution in [1.82, 2.24) is 20.2 Å². The van der Waals surface area contributed by atoms with Gasteiger partial charge in [-0.3, -0.25) is 14.4 Å². The van der Waals surface area contributed by atoms with E-state index in [4.69, 9.17) is 4.98 Å². The van der Waals surface area contributed by atoms with E-state index in [0.717, 1.165) is 27.9 Å². The van der Waals surface area contributed by atoms with Gasteiger partial charge in [-0.25, -0.2) is 9.97 Å². The van der Waals surface area contributed by atoms with Gasteiger partial charge < -0.3 is 20.9 Å². The van der Waals surface area contributed by atoms with Gasteiger partial charge in [0.1, 0.15) is 18.2 Å². The molecular formula is C30H34N6O3. The van der Waals surface area contributed by atoms with Gasteiger partial charge in [0.2, 0.25) is 17.7 Å². The maximum Gasteiger partial charge on any atom is 0.245 e. The number of hydrogen-bond donors (Lipinski definition) is 3. The summed E-state index contributed by atoms with van der Waals surface area (Å²) in [6, 6.07) is 15.4. The molecule has 3 amide bonds. The van der Waals surface area contributed by atoms with Gasteiger partial charge >= 0.3 is 0 Å². The van der Waals surface area contributed by atoms with Crippen LogP contribution in [0.3, 0.4) is 0 Å². The van der Waals surface area contributed by atoms with Crippen LogP contribution in [0.25, 0.3) is 0 Å². The summed E-state index contributed by atoms with van der Waals surface area (Å²) >= 11 is 0. The Morgan fingerprint density at radius 3 is 2.56 bits per heavy atom. The molecule has 3 aromatic rings. The van der Waals surface area contributed by atoms with Crippen LogP contribution in [-0.4, -0.2) is 46.2 Å². The minimum Gasteiger partial charge on any atom is -0.329 e. The van der Waals surface area contributed by atoms with Gasteiger partial charge in [0.15, 0.2) is 0 Å². The third-order valence-corrected chi connectivity index (χ3v) is 7.40. The fourth-order valence-electron chi connectivity index (χ4n) is 5.49. The van der Waals surface area contributed by atoms with Crippen LogP contribution >= 0.6 is 0 Å². The number of carbonyl (C=O) groups excluding carboxylic acids is 3. The zero-order valence-electron chi connectivity index (χ0n) is 22.8. The van der Waals surface area contributed by atoms with Crippen molar-refractivity contribution < 1.29 is 14.4 Å². The van der Waals surface area contributed by atoms with Crippen molar-refractivity contribution in [1.29, 1.82) is 0 Å². The second-order valence-corrected chi connectivity index (χ2v) is 11.4. The highest BCUT2D eigenvalue weighted by molar-refractivity contribution is 6.06. The number of aromatic nitrogens is 2. The molecule has 3 N–H and O–H groups in total. The fraction of sp³-hybridized carbons (Fsp3) is 0.367. The van der Waals surface area contributed by atoms with Crippen molar-refractivity contribution in [3.63, 3.8) is 0 Å². The van der Waals surface area contributed by atoms with E-state index >= 15 is 0 Å². The largest absolute Gasteiger partial charge is 0.329 e. The molecule has 0 bridgehead atoms. The molecule has 1 atom stereocenters. The van der Waals surface area contributed by atoms with E-state index < -0.39 is 10.8 Å². The molecule has 0 saturated heterocycles. The molecular weight excluding hydrogens is 492 g/mol. The van der Waals surface area contributed by atoms with E-state index in [-0.39, 0.29) is 24.3 Å². The van der Waals surface area contributed by atoms with E-state index in [1.54, 1.807) is 17.2 Å². The molecule has 1 aliphatic heterocycles. The van der Waals surface area contributed by atoms with Crippen LogP contribution in [0.5, 0.6) is 0 Å². The number of nitrogens with zero attached hydrogens (tertiary/aromatic N) is 3. The van der Waals surface area contributed by atoms with Crippen LogP contribution in [0.1, 0.15) is 48.7 Å². The number of amides is 3. The first kappa shape index (κ1) is 26.5. The monoisotopic (exact) mass is 526 g/mol. The van der Waals surface area contributed by atoms with Crippen LogP contribution in [0.4, 0.5) is 11.6 Å². The van der Waals surface area contributed by atoms with Gasteiger partial charge in [0.05, 0.1) is 5.41 Å². The molecule has 0 fully saturated rings. The highest BCUT2D eigenvalue weighted by atomic mass is 16.2. The lowest BCUT2D eigenvalue weighted by Gasteiger charge is -2.30. The molecule has 1 unspecified atom stereocenters. The molecule has 39 heavy (non-hydrogen) atoms. The summed E-state index contributed by atoms with van der Waals surface area (Å²) < 4.78 is 0. The number of rotatable bonds is 7. The molecule has 0 saturated carbocycles. The number of benzene rings is 1. The third kappa shape index (κ3) is 5.14. The summed E-state index contributed by atoms with van der Waals surface area (Å²) in [5.74, 6) is 0.491. The molecule has 9 heteroatoms. The predicted molar refractivity (Wildman–Crippen MR) is 149 cm³/mol. The molecule has 0 radical (unpaired) electrons. The Morgan fingerprint density at radius 1 is 1.05 bits per heavy atom. The van der Waals surface area contributed by atoms with E-state index in [2.05, 4.69) is 20.9 Å². The highest BCUT2D eigenvalue weighted by Gasteiger charge is 2.51. The molecule has 1 spiro atoms. The van der Waals surface area contributed by atoms with Crippen molar-refractivity contribution in [3.05, 3.63) is 82.7 Å². The van der Waals surface area contributed by atoms with Gasteiger partial charge in [-0.1, -0.05) is 57.2 Å². The highest BCUT2D eigenvalue weighted by Crippen LogP contribution is 2.46. The molecule has 2 aromatic heterocycles. The van der Waals surface area contributed by atoms with Gasteiger partial charge in [-0.15, -0.1) is 0 Å². The molecule has 5 rings (SSSR count). The lowest BCUT2D eigenvalue weighted by molar-refractivity contribution is -0.142. The van der Waals surface area contributed by atoms with Crippen LogP contribution in [-0.2, 0) is 45.7 Å². The number of anilines is 2. The Morgan fingerprint density at radius 2 is 1.82 bits per heavy atom. The summed E-state index contributed by atoms with van der Waals surface area (Å²) in [6.45, 7) is 6.44. The standard InChI is InChI=1S/C30H34N6O3/c1-29(2,3)28(39)36(17-21-9-6-5-8-20(21)16-31-4)18-25(37)34-24-12-11-19-14-30(15-23(19)33-24)22-10-7-13-32-26(22)35-27(30)38/h5-13,31H,14-18H2,1-4H3,(H,32,35,38)(H,33,34,37). The van der Waals surface area contributed by atoms with E-state index in [1.165, 1.54) is 0 Å². The zero-order chi connectivity index (χ0) is 27.8. The summed E-state index contributed by atoms with van der Waals surface area (Å²) in [6.07, 6.45) is 2.64. The third-order valence-electron chi connectivity index (χ3n) is 7.40. The first-order valence-electron chi connectivity index (χ1n) is 13.2. The molecule has 202 valence electrons. The smallest absolute Gasteiger partial charge is 0.245 e. The van der Waals surface area contributed by atoms with E-state index in [0.29, 0.717) is 37.6 Å². The Bertz CT molecular complexity index is 1450. The Hall–Kier alpha value is -4.11. The SMILES string of the molecule is CNCc1ccccc1CN(CC(=O)Nc1ccc2c(n1)CC1(C2)C(=O)Nc2ncccc21)C(=O)C(C)(C)C. The van der Waals surface area contributed by atoms with Crippen LogP contribution < -0.4 is 16.0 Å². The Balaban J connectivity index is 1.32. The minimum atomic E-state index is -0.724. The Kier molecular flexibility index (Phi) is 6.94. The minimum absolute atomic E-state index is 0.0744. The number of carbonyl (C=O) groups is 3. The fourth-order valence-corrected chi connectivity index (χ4v) is 5.49. The van der Waals surface area contributed by atoms with Crippen LogP contribution in [0, 0.1) is 5.41 Å². The molecule has 1 aliphatic carbocycles. The quantitative estimate of drug-likeness (QED) is 0.436. The summed E-state index contributed by atoms with van der Waals surface area (Å²) in [4.78, 5) is 50.1. The van der Waals surface area contributed by atoms with Gasteiger partial charge in [0.25, 0.3) is 0 Å². The summed E-state index contributed by atoms with van der Waals surface area (Å²) in [5.41, 5.74) is 3.34. The molecule has 3 heterocycles. The van der Waals surface area contributed by atoms with Crippen LogP contribution in [0.15, 0.2) is 54.7 Å². The van der Waals surface area contributed by atoms with Gasteiger partial charge in [-0.2, -0.15) is 0 Å². The number of nitrogens with one attached hydrogen (secondary N) is 3. The normalized spacial score (nSPS) is 17.5. The van der Waals surface area contributed by atoms with Crippen molar-refractivity contribution >= 4 is 29.4 Å². The topological polar surface area (TPSA) is 116 Å². The average Bonchev–Trinajstić information content (AvgIpc) is 3.41. The second kappa shape index (κ2) is 10.2. The van der Waals surface area contributed by atoms with Gasteiger partial charge in [-0.05, 0) is 42.3 Å².